The lowest BCUT2D eigenvalue weighted by Gasteiger charge is -2.30. The van der Waals surface area contributed by atoms with Crippen LogP contribution in [-0.2, 0) is 0 Å². The van der Waals surface area contributed by atoms with Crippen LogP contribution in [0.15, 0.2) is 158 Å². The van der Waals surface area contributed by atoms with Gasteiger partial charge in [0.05, 0.1) is 0 Å². The van der Waals surface area contributed by atoms with E-state index in [9.17, 15) is 0 Å². The number of hydrogen-bond acceptors (Lipinski definition) is 2. The predicted octanol–water partition coefficient (Wildman–Crippen LogP) is 6.64. The van der Waals surface area contributed by atoms with E-state index < -0.39 is 15.8 Å². The van der Waals surface area contributed by atoms with Crippen molar-refractivity contribution in [3.05, 3.63) is 158 Å². The molecule has 7 rings (SSSR count). The van der Waals surface area contributed by atoms with Crippen molar-refractivity contribution in [2.24, 2.45) is 0 Å². The first kappa shape index (κ1) is 26.7. The first-order chi connectivity index (χ1) is 20.9. The van der Waals surface area contributed by atoms with Crippen molar-refractivity contribution < 1.29 is 9.47 Å². The van der Waals surface area contributed by atoms with Crippen LogP contribution < -0.4 is 41.3 Å². The van der Waals surface area contributed by atoms with Gasteiger partial charge in [-0.05, 0) is 59.8 Å². The highest BCUT2D eigenvalue weighted by molar-refractivity contribution is 7.80. The van der Waals surface area contributed by atoms with Crippen molar-refractivity contribution in [1.29, 1.82) is 0 Å². The van der Waals surface area contributed by atoms with Gasteiger partial charge >= 0.3 is 0 Å². The van der Waals surface area contributed by atoms with E-state index in [0.29, 0.717) is 13.2 Å². The Labute approximate surface area is 250 Å². The average Bonchev–Trinajstić information content (AvgIpc) is 3.05. The molecule has 4 heteroatoms. The quantitative estimate of drug-likeness (QED) is 0.206. The van der Waals surface area contributed by atoms with E-state index in [1.54, 1.807) is 0 Å². The summed E-state index contributed by atoms with van der Waals surface area (Å²) in [5.41, 5.74) is 2.28. The van der Waals surface area contributed by atoms with Crippen LogP contribution in [0.1, 0.15) is 0 Å². The number of hydrogen-bond donors (Lipinski definition) is 0. The molecular weight excluding hydrogens is 550 g/mol. The summed E-state index contributed by atoms with van der Waals surface area (Å²) >= 11 is 0. The minimum absolute atomic E-state index is 0.501. The summed E-state index contributed by atoms with van der Waals surface area (Å²) in [7, 11) is -1.75. The highest BCUT2D eigenvalue weighted by atomic mass is 31.1. The fourth-order valence-corrected chi connectivity index (χ4v) is 10.6. The first-order valence-corrected chi connectivity index (χ1v) is 16.9. The van der Waals surface area contributed by atoms with Gasteiger partial charge in [0.15, 0.2) is 0 Å². The monoisotopic (exact) mass is 580 g/mol. The fourth-order valence-electron chi connectivity index (χ4n) is 5.62. The Balaban J connectivity index is 1.54. The highest BCUT2D eigenvalue weighted by Gasteiger charge is 2.30. The van der Waals surface area contributed by atoms with Gasteiger partial charge in [-0.1, -0.05) is 146 Å². The summed E-state index contributed by atoms with van der Waals surface area (Å²) in [6.45, 7) is 1.00. The Kier molecular flexibility index (Phi) is 7.83. The molecule has 1 heterocycles. The van der Waals surface area contributed by atoms with Gasteiger partial charge in [-0.25, -0.2) is 0 Å². The third-order valence-corrected chi connectivity index (χ3v) is 12.4. The van der Waals surface area contributed by atoms with Crippen molar-refractivity contribution in [3.8, 4) is 22.6 Å². The van der Waals surface area contributed by atoms with Gasteiger partial charge < -0.3 is 9.47 Å². The molecule has 0 saturated carbocycles. The minimum atomic E-state index is -0.874. The number of rotatable bonds is 6. The number of fused-ring (bicyclic) bond motifs is 3. The molecule has 0 saturated heterocycles. The summed E-state index contributed by atoms with van der Waals surface area (Å²) in [4.78, 5) is 0. The van der Waals surface area contributed by atoms with E-state index in [1.165, 1.54) is 31.8 Å². The Morgan fingerprint density at radius 3 is 0.952 bits per heavy atom. The van der Waals surface area contributed by atoms with Gasteiger partial charge in [0, 0.05) is 11.1 Å². The van der Waals surface area contributed by atoms with Gasteiger partial charge in [0.1, 0.15) is 24.7 Å². The van der Waals surface area contributed by atoms with E-state index in [-0.39, 0.29) is 0 Å². The second kappa shape index (κ2) is 12.3. The predicted molar refractivity (Wildman–Crippen MR) is 180 cm³/mol. The Morgan fingerprint density at radius 1 is 0.333 bits per heavy atom. The second-order valence-corrected chi connectivity index (χ2v) is 14.4. The second-order valence-electron chi connectivity index (χ2n) is 10.0. The van der Waals surface area contributed by atoms with Gasteiger partial charge in [-0.2, -0.15) is 0 Å². The van der Waals surface area contributed by atoms with Gasteiger partial charge in [0.2, 0.25) is 0 Å². The van der Waals surface area contributed by atoms with Gasteiger partial charge in [-0.3, -0.25) is 0 Å². The number of benzene rings is 6. The maximum absolute atomic E-state index is 6.49. The van der Waals surface area contributed by atoms with Crippen LogP contribution in [0.5, 0.6) is 11.5 Å². The van der Waals surface area contributed by atoms with Crippen LogP contribution in [0, 0.1) is 0 Å². The molecule has 0 aliphatic carbocycles. The molecule has 204 valence electrons. The topological polar surface area (TPSA) is 18.5 Å². The summed E-state index contributed by atoms with van der Waals surface area (Å²) in [5.74, 6) is 1.83. The zero-order valence-corrected chi connectivity index (χ0v) is 24.9. The maximum atomic E-state index is 6.49. The van der Waals surface area contributed by atoms with Crippen molar-refractivity contribution in [3.63, 3.8) is 0 Å². The summed E-state index contributed by atoms with van der Waals surface area (Å²) in [6, 6.07) is 56.7. The molecule has 0 fully saturated rings. The average molecular weight is 581 g/mol. The molecular formula is C38H30O2P2. The molecule has 0 N–H and O–H groups in total. The van der Waals surface area contributed by atoms with Crippen molar-refractivity contribution in [1.82, 2.24) is 0 Å². The molecule has 0 amide bonds. The van der Waals surface area contributed by atoms with Crippen LogP contribution in [0.3, 0.4) is 0 Å². The van der Waals surface area contributed by atoms with Gasteiger partial charge in [0.25, 0.3) is 0 Å². The van der Waals surface area contributed by atoms with E-state index >= 15 is 0 Å². The molecule has 0 atom stereocenters. The normalized spacial score (nSPS) is 12.4. The lowest BCUT2D eigenvalue weighted by atomic mass is 10.0. The molecule has 1 aliphatic heterocycles. The molecule has 0 unspecified atom stereocenters. The van der Waals surface area contributed by atoms with Crippen LogP contribution in [-0.4, -0.2) is 13.2 Å². The lowest BCUT2D eigenvalue weighted by Crippen LogP contribution is -2.28. The van der Waals surface area contributed by atoms with E-state index in [0.717, 1.165) is 22.6 Å². The van der Waals surface area contributed by atoms with Crippen molar-refractivity contribution in [2.45, 2.75) is 0 Å². The fraction of sp³-hybridized carbons (Fsp3) is 0.0526. The first-order valence-electron chi connectivity index (χ1n) is 14.2. The summed E-state index contributed by atoms with van der Waals surface area (Å²) in [5, 5.41) is 7.78. The lowest BCUT2D eigenvalue weighted by molar-refractivity contribution is 0.214. The number of ether oxygens (including phenoxy) is 2. The van der Waals surface area contributed by atoms with E-state index in [4.69, 9.17) is 9.47 Å². The third-order valence-electron chi connectivity index (χ3n) is 7.40. The molecule has 0 radical (unpaired) electrons. The van der Waals surface area contributed by atoms with Gasteiger partial charge in [-0.15, -0.1) is 0 Å². The molecule has 42 heavy (non-hydrogen) atoms. The Bertz CT molecular complexity index is 1560. The highest BCUT2D eigenvalue weighted by Crippen LogP contribution is 2.47. The smallest absolute Gasteiger partial charge is 0.128 e. The van der Waals surface area contributed by atoms with Crippen LogP contribution in [0.4, 0.5) is 0 Å². The molecule has 0 spiro atoms. The largest absolute Gasteiger partial charge is 0.489 e. The molecule has 0 bridgehead atoms. The van der Waals surface area contributed by atoms with Crippen molar-refractivity contribution in [2.75, 3.05) is 13.2 Å². The van der Waals surface area contributed by atoms with Crippen LogP contribution in [0.25, 0.3) is 11.1 Å². The Morgan fingerprint density at radius 2 is 0.643 bits per heavy atom. The van der Waals surface area contributed by atoms with Crippen LogP contribution in [0.2, 0.25) is 0 Å². The zero-order valence-electron chi connectivity index (χ0n) is 23.1. The molecule has 1 aliphatic rings. The third kappa shape index (κ3) is 5.25. The molecule has 2 nitrogen and oxygen atoms in total. The minimum Gasteiger partial charge on any atom is -0.489 e. The van der Waals surface area contributed by atoms with Crippen molar-refractivity contribution >= 4 is 47.7 Å². The summed E-state index contributed by atoms with van der Waals surface area (Å²) in [6.07, 6.45) is 0. The standard InChI is InChI=1S/C38H30O2P2/c1-5-15-29(16-6-1)41(30-17-7-2-8-18-30)35-25-13-23-33-37(35)38-34(40-28-27-39-33)24-14-26-36(38)42(31-19-9-3-10-20-31)32-21-11-4-12-22-32/h1-26H,27-28H2. The SMILES string of the molecule is c1ccc(P(c2ccccc2)c2cccc3c2-c2c(cccc2P(c2ccccc2)c2ccccc2)OCCO3)cc1. The van der Waals surface area contributed by atoms with E-state index in [1.807, 2.05) is 0 Å². The Hall–Kier alpha value is -4.22. The molecule has 0 aromatic heterocycles. The molecule has 6 aromatic rings. The zero-order chi connectivity index (χ0) is 28.1. The van der Waals surface area contributed by atoms with Crippen LogP contribution >= 0.6 is 15.8 Å². The molecule has 6 aromatic carbocycles. The summed E-state index contributed by atoms with van der Waals surface area (Å²) < 4.78 is 13.0. The van der Waals surface area contributed by atoms with E-state index in [2.05, 4.69) is 158 Å². The maximum Gasteiger partial charge on any atom is 0.128 e.